The van der Waals surface area contributed by atoms with Crippen molar-refractivity contribution >= 4 is 11.9 Å². The number of amides is 1. The standard InChI is InChI=1S/C24H34N4O2/c1-6-18(4)30-22-14-17(3)8-11-21(22)16-28-24(26-7-2)27-15-19-9-12-20(13-10-19)23(29)25-5/h8-14,18H,6-7,15-16H2,1-5H3,(H,25,29)(H2,26,27,28). The van der Waals surface area contributed by atoms with Gasteiger partial charge in [0.25, 0.3) is 5.91 Å². The number of aliphatic imine (C=N–C) groups is 1. The van der Waals surface area contributed by atoms with Crippen LogP contribution < -0.4 is 20.7 Å². The molecule has 0 bridgehead atoms. The smallest absolute Gasteiger partial charge is 0.251 e. The fourth-order valence-electron chi connectivity index (χ4n) is 2.81. The van der Waals surface area contributed by atoms with Gasteiger partial charge in [0.1, 0.15) is 5.75 Å². The number of nitrogens with one attached hydrogen (secondary N) is 3. The number of ether oxygens (including phenoxy) is 1. The van der Waals surface area contributed by atoms with E-state index in [2.05, 4.69) is 59.9 Å². The lowest BCUT2D eigenvalue weighted by Gasteiger charge is -2.18. The number of guanidine groups is 1. The number of carbonyl (C=O) groups excluding carboxylic acids is 1. The second-order valence-electron chi connectivity index (χ2n) is 7.27. The Kier molecular flexibility index (Phi) is 9.19. The van der Waals surface area contributed by atoms with Crippen LogP contribution in [-0.2, 0) is 13.1 Å². The molecular formula is C24H34N4O2. The predicted octanol–water partition coefficient (Wildman–Crippen LogP) is 3.79. The molecule has 1 atom stereocenters. The Morgan fingerprint density at radius 3 is 2.47 bits per heavy atom. The highest BCUT2D eigenvalue weighted by Gasteiger charge is 2.09. The second kappa shape index (κ2) is 11.9. The van der Waals surface area contributed by atoms with Crippen LogP contribution in [0.25, 0.3) is 0 Å². The number of carbonyl (C=O) groups is 1. The van der Waals surface area contributed by atoms with Gasteiger partial charge in [0, 0.05) is 31.3 Å². The summed E-state index contributed by atoms with van der Waals surface area (Å²) in [6, 6.07) is 13.8. The van der Waals surface area contributed by atoms with Crippen molar-refractivity contribution in [2.24, 2.45) is 4.99 Å². The summed E-state index contributed by atoms with van der Waals surface area (Å²) in [7, 11) is 1.63. The molecule has 0 radical (unpaired) electrons. The van der Waals surface area contributed by atoms with Crippen LogP contribution in [0, 0.1) is 6.92 Å². The minimum absolute atomic E-state index is 0.0893. The molecule has 3 N–H and O–H groups in total. The largest absolute Gasteiger partial charge is 0.490 e. The van der Waals surface area contributed by atoms with E-state index < -0.39 is 0 Å². The highest BCUT2D eigenvalue weighted by molar-refractivity contribution is 5.93. The number of rotatable bonds is 9. The summed E-state index contributed by atoms with van der Waals surface area (Å²) in [6.45, 7) is 10.2. The molecule has 6 heteroatoms. The third-order valence-electron chi connectivity index (χ3n) is 4.78. The summed E-state index contributed by atoms with van der Waals surface area (Å²) in [5.41, 5.74) is 3.96. The number of nitrogens with zero attached hydrogens (tertiary/aromatic N) is 1. The Balaban J connectivity index is 2.06. The second-order valence-corrected chi connectivity index (χ2v) is 7.27. The van der Waals surface area contributed by atoms with E-state index in [1.807, 2.05) is 31.2 Å². The molecule has 0 aliphatic rings. The molecule has 0 saturated heterocycles. The molecule has 0 aromatic heterocycles. The van der Waals surface area contributed by atoms with E-state index in [0.717, 1.165) is 35.8 Å². The normalized spacial score (nSPS) is 12.2. The molecule has 2 aromatic rings. The van der Waals surface area contributed by atoms with Gasteiger partial charge in [0.2, 0.25) is 0 Å². The lowest BCUT2D eigenvalue weighted by Crippen LogP contribution is -2.37. The van der Waals surface area contributed by atoms with Gasteiger partial charge in [-0.05, 0) is 56.5 Å². The number of aryl methyl sites for hydroxylation is 1. The first-order valence-corrected chi connectivity index (χ1v) is 10.6. The highest BCUT2D eigenvalue weighted by atomic mass is 16.5. The molecule has 2 aromatic carbocycles. The van der Waals surface area contributed by atoms with Gasteiger partial charge in [-0.25, -0.2) is 4.99 Å². The van der Waals surface area contributed by atoms with E-state index in [0.29, 0.717) is 18.7 Å². The molecule has 0 spiro atoms. The van der Waals surface area contributed by atoms with Crippen molar-refractivity contribution in [3.63, 3.8) is 0 Å². The van der Waals surface area contributed by atoms with Crippen LogP contribution in [0.3, 0.4) is 0 Å². The first kappa shape index (κ1) is 23.3. The Morgan fingerprint density at radius 1 is 1.10 bits per heavy atom. The van der Waals surface area contributed by atoms with Gasteiger partial charge in [0.15, 0.2) is 5.96 Å². The van der Waals surface area contributed by atoms with Gasteiger partial charge >= 0.3 is 0 Å². The molecule has 162 valence electrons. The maximum absolute atomic E-state index is 11.7. The van der Waals surface area contributed by atoms with Crippen LogP contribution >= 0.6 is 0 Å². The zero-order valence-corrected chi connectivity index (χ0v) is 18.7. The Bertz CT molecular complexity index is 847. The molecule has 2 rings (SSSR count). The van der Waals surface area contributed by atoms with Crippen molar-refractivity contribution in [2.45, 2.75) is 53.3 Å². The average Bonchev–Trinajstić information content (AvgIpc) is 2.76. The van der Waals surface area contributed by atoms with Crippen LogP contribution in [0.15, 0.2) is 47.5 Å². The van der Waals surface area contributed by atoms with Crippen LogP contribution in [0.1, 0.15) is 54.2 Å². The highest BCUT2D eigenvalue weighted by Crippen LogP contribution is 2.22. The predicted molar refractivity (Wildman–Crippen MR) is 123 cm³/mol. The van der Waals surface area contributed by atoms with Gasteiger partial charge in [0.05, 0.1) is 12.6 Å². The third kappa shape index (κ3) is 7.10. The third-order valence-corrected chi connectivity index (χ3v) is 4.78. The van der Waals surface area contributed by atoms with E-state index in [1.165, 1.54) is 5.56 Å². The Hall–Kier alpha value is -3.02. The monoisotopic (exact) mass is 410 g/mol. The maximum atomic E-state index is 11.7. The fraction of sp³-hybridized carbons (Fsp3) is 0.417. The van der Waals surface area contributed by atoms with Gasteiger partial charge in [-0.1, -0.05) is 31.2 Å². The average molecular weight is 411 g/mol. The first-order chi connectivity index (χ1) is 14.5. The number of benzene rings is 2. The summed E-state index contributed by atoms with van der Waals surface area (Å²) in [6.07, 6.45) is 1.13. The minimum Gasteiger partial charge on any atom is -0.490 e. The van der Waals surface area contributed by atoms with Crippen molar-refractivity contribution < 1.29 is 9.53 Å². The summed E-state index contributed by atoms with van der Waals surface area (Å²) in [5, 5.41) is 9.30. The molecule has 0 fully saturated rings. The lowest BCUT2D eigenvalue weighted by molar-refractivity contribution is 0.0963. The summed E-state index contributed by atoms with van der Waals surface area (Å²) < 4.78 is 6.10. The zero-order valence-electron chi connectivity index (χ0n) is 18.7. The van der Waals surface area contributed by atoms with Gasteiger partial charge < -0.3 is 20.7 Å². The molecule has 30 heavy (non-hydrogen) atoms. The lowest BCUT2D eigenvalue weighted by atomic mass is 10.1. The van der Waals surface area contributed by atoms with Crippen LogP contribution in [-0.4, -0.2) is 31.6 Å². The molecule has 1 amide bonds. The minimum atomic E-state index is -0.0893. The molecule has 1 unspecified atom stereocenters. The van der Waals surface area contributed by atoms with Crippen LogP contribution in [0.4, 0.5) is 0 Å². The SMILES string of the molecule is CCNC(=NCc1ccc(C(=O)NC)cc1)NCc1ccc(C)cc1OC(C)CC. The zero-order chi connectivity index (χ0) is 21.9. The molecule has 0 aliphatic heterocycles. The van der Waals surface area contributed by atoms with Crippen LogP contribution in [0.2, 0.25) is 0 Å². The first-order valence-electron chi connectivity index (χ1n) is 10.6. The summed E-state index contributed by atoms with van der Waals surface area (Å²) in [4.78, 5) is 16.3. The maximum Gasteiger partial charge on any atom is 0.251 e. The topological polar surface area (TPSA) is 74.8 Å². The van der Waals surface area contributed by atoms with Gasteiger partial charge in [-0.3, -0.25) is 4.79 Å². The molecule has 0 saturated carbocycles. The molecular weight excluding hydrogens is 376 g/mol. The number of hydrogen-bond acceptors (Lipinski definition) is 3. The van der Waals surface area contributed by atoms with E-state index >= 15 is 0 Å². The van der Waals surface area contributed by atoms with E-state index in [4.69, 9.17) is 4.74 Å². The van der Waals surface area contributed by atoms with Crippen LogP contribution in [0.5, 0.6) is 5.75 Å². The Morgan fingerprint density at radius 2 is 1.83 bits per heavy atom. The quantitative estimate of drug-likeness (QED) is 0.434. The molecule has 6 nitrogen and oxygen atoms in total. The molecule has 0 aliphatic carbocycles. The summed E-state index contributed by atoms with van der Waals surface area (Å²) >= 11 is 0. The summed E-state index contributed by atoms with van der Waals surface area (Å²) in [5.74, 6) is 1.56. The van der Waals surface area contributed by atoms with Gasteiger partial charge in [-0.15, -0.1) is 0 Å². The fourth-order valence-corrected chi connectivity index (χ4v) is 2.81. The van der Waals surface area contributed by atoms with E-state index in [-0.39, 0.29) is 12.0 Å². The van der Waals surface area contributed by atoms with Crippen molar-refractivity contribution in [1.82, 2.24) is 16.0 Å². The van der Waals surface area contributed by atoms with Crippen molar-refractivity contribution in [2.75, 3.05) is 13.6 Å². The van der Waals surface area contributed by atoms with Gasteiger partial charge in [-0.2, -0.15) is 0 Å². The van der Waals surface area contributed by atoms with E-state index in [1.54, 1.807) is 7.05 Å². The van der Waals surface area contributed by atoms with E-state index in [9.17, 15) is 4.79 Å². The molecule has 0 heterocycles. The van der Waals surface area contributed by atoms with Crippen molar-refractivity contribution in [3.05, 3.63) is 64.7 Å². The van der Waals surface area contributed by atoms with Crippen molar-refractivity contribution in [3.8, 4) is 5.75 Å². The Labute approximate surface area is 180 Å². The van der Waals surface area contributed by atoms with Crippen molar-refractivity contribution in [1.29, 1.82) is 0 Å². The number of hydrogen-bond donors (Lipinski definition) is 3.